The Bertz CT molecular complexity index is 781. The molecule has 2 aromatic rings. The van der Waals surface area contributed by atoms with Gasteiger partial charge in [0.05, 0.1) is 30.2 Å². The normalized spacial score (nSPS) is 17.6. The van der Waals surface area contributed by atoms with Gasteiger partial charge in [-0.2, -0.15) is 5.10 Å². The first kappa shape index (κ1) is 15.3. The summed E-state index contributed by atoms with van der Waals surface area (Å²) in [7, 11) is 0. The quantitative estimate of drug-likeness (QED) is 0.939. The number of benzene rings is 1. The van der Waals surface area contributed by atoms with Gasteiger partial charge in [0.2, 0.25) is 5.91 Å². The van der Waals surface area contributed by atoms with Crippen molar-refractivity contribution in [3.63, 3.8) is 0 Å². The molecule has 1 saturated carbocycles. The Kier molecular flexibility index (Phi) is 3.84. The van der Waals surface area contributed by atoms with E-state index < -0.39 is 5.82 Å². The Balaban J connectivity index is 1.37. The van der Waals surface area contributed by atoms with Crippen LogP contribution in [0.15, 0.2) is 24.3 Å². The van der Waals surface area contributed by atoms with Crippen LogP contribution in [0.25, 0.3) is 0 Å². The minimum atomic E-state index is -0.394. The predicted molar refractivity (Wildman–Crippen MR) is 89.2 cm³/mol. The van der Waals surface area contributed by atoms with Crippen molar-refractivity contribution in [2.75, 3.05) is 18.4 Å². The Morgan fingerprint density at radius 2 is 2.17 bits per heavy atom. The molecule has 1 N–H and O–H groups in total. The average Bonchev–Trinajstić information content (AvgIpc) is 3.30. The SMILES string of the molecule is Cc1ccc(NC(=O)CN2CCn3nc(C4CC4)cc3C2)c(F)c1. The molecule has 2 aliphatic rings. The number of aromatic nitrogens is 2. The molecule has 5 nitrogen and oxygen atoms in total. The Morgan fingerprint density at radius 1 is 1.33 bits per heavy atom. The maximum absolute atomic E-state index is 13.8. The van der Waals surface area contributed by atoms with E-state index >= 15 is 0 Å². The van der Waals surface area contributed by atoms with Crippen LogP contribution in [-0.4, -0.2) is 33.7 Å². The van der Waals surface area contributed by atoms with Crippen molar-refractivity contribution in [2.45, 2.75) is 38.8 Å². The molecule has 0 bridgehead atoms. The molecule has 1 aliphatic carbocycles. The highest BCUT2D eigenvalue weighted by Gasteiger charge is 2.29. The van der Waals surface area contributed by atoms with Gasteiger partial charge in [0, 0.05) is 19.0 Å². The van der Waals surface area contributed by atoms with Gasteiger partial charge in [-0.1, -0.05) is 6.07 Å². The summed E-state index contributed by atoms with van der Waals surface area (Å²) < 4.78 is 15.9. The third-order valence-electron chi connectivity index (χ3n) is 4.66. The Hall–Kier alpha value is -2.21. The zero-order valence-electron chi connectivity index (χ0n) is 13.8. The maximum atomic E-state index is 13.8. The number of anilines is 1. The van der Waals surface area contributed by atoms with Crippen LogP contribution in [0, 0.1) is 12.7 Å². The highest BCUT2D eigenvalue weighted by molar-refractivity contribution is 5.92. The molecule has 1 amide bonds. The summed E-state index contributed by atoms with van der Waals surface area (Å²) in [6.07, 6.45) is 2.48. The van der Waals surface area contributed by atoms with Crippen molar-refractivity contribution in [3.05, 3.63) is 47.0 Å². The summed E-state index contributed by atoms with van der Waals surface area (Å²) in [4.78, 5) is 14.3. The fourth-order valence-corrected chi connectivity index (χ4v) is 3.17. The Labute approximate surface area is 140 Å². The van der Waals surface area contributed by atoms with E-state index in [0.717, 1.165) is 24.3 Å². The number of amides is 1. The van der Waals surface area contributed by atoms with Gasteiger partial charge in [-0.05, 0) is 43.5 Å². The monoisotopic (exact) mass is 328 g/mol. The minimum Gasteiger partial charge on any atom is -0.322 e. The zero-order valence-corrected chi connectivity index (χ0v) is 13.8. The summed E-state index contributed by atoms with van der Waals surface area (Å²) >= 11 is 0. The van der Waals surface area contributed by atoms with Gasteiger partial charge in [-0.3, -0.25) is 14.4 Å². The molecule has 24 heavy (non-hydrogen) atoms. The van der Waals surface area contributed by atoms with E-state index in [0.29, 0.717) is 12.5 Å². The van der Waals surface area contributed by atoms with Crippen LogP contribution in [0.1, 0.15) is 35.7 Å². The molecule has 2 heterocycles. The largest absolute Gasteiger partial charge is 0.322 e. The topological polar surface area (TPSA) is 50.2 Å². The molecular weight excluding hydrogens is 307 g/mol. The summed E-state index contributed by atoms with van der Waals surface area (Å²) in [6, 6.07) is 6.99. The van der Waals surface area contributed by atoms with Gasteiger partial charge in [0.1, 0.15) is 5.82 Å². The first-order valence-corrected chi connectivity index (χ1v) is 8.43. The average molecular weight is 328 g/mol. The van der Waals surface area contributed by atoms with Crippen LogP contribution >= 0.6 is 0 Å². The number of halogens is 1. The van der Waals surface area contributed by atoms with Crippen molar-refractivity contribution in [1.82, 2.24) is 14.7 Å². The number of nitrogens with zero attached hydrogens (tertiary/aromatic N) is 3. The fraction of sp³-hybridized carbons (Fsp3) is 0.444. The molecule has 0 spiro atoms. The van der Waals surface area contributed by atoms with Crippen molar-refractivity contribution < 1.29 is 9.18 Å². The summed E-state index contributed by atoms with van der Waals surface area (Å²) in [5.74, 6) is 0.0617. The van der Waals surface area contributed by atoms with E-state index in [1.165, 1.54) is 24.6 Å². The molecule has 0 radical (unpaired) electrons. The lowest BCUT2D eigenvalue weighted by Gasteiger charge is -2.26. The number of hydrogen-bond donors (Lipinski definition) is 1. The van der Waals surface area contributed by atoms with Gasteiger partial charge in [0.25, 0.3) is 0 Å². The van der Waals surface area contributed by atoms with Gasteiger partial charge in [-0.15, -0.1) is 0 Å². The van der Waals surface area contributed by atoms with Crippen LogP contribution in [0.4, 0.5) is 10.1 Å². The summed E-state index contributed by atoms with van der Waals surface area (Å²) in [5, 5.41) is 7.32. The number of carbonyl (C=O) groups is 1. The first-order valence-electron chi connectivity index (χ1n) is 8.43. The van der Waals surface area contributed by atoms with Crippen molar-refractivity contribution in [2.24, 2.45) is 0 Å². The molecule has 0 atom stereocenters. The van der Waals surface area contributed by atoms with Crippen LogP contribution in [0.5, 0.6) is 0 Å². The van der Waals surface area contributed by atoms with E-state index in [1.54, 1.807) is 12.1 Å². The molecule has 0 unspecified atom stereocenters. The standard InChI is InChI=1S/C18H21FN4O/c1-12-2-5-16(15(19)8-12)20-18(24)11-22-6-7-23-14(10-22)9-17(21-23)13-3-4-13/h2,5,8-9,13H,3-4,6-7,10-11H2,1H3,(H,20,24). The second-order valence-corrected chi connectivity index (χ2v) is 6.80. The van der Waals surface area contributed by atoms with E-state index in [-0.39, 0.29) is 18.1 Å². The predicted octanol–water partition coefficient (Wildman–Crippen LogP) is 2.66. The number of fused-ring (bicyclic) bond motifs is 1. The summed E-state index contributed by atoms with van der Waals surface area (Å²) in [6.45, 7) is 4.37. The van der Waals surface area contributed by atoms with E-state index in [1.807, 2.05) is 6.92 Å². The molecule has 4 rings (SSSR count). The maximum Gasteiger partial charge on any atom is 0.238 e. The number of aryl methyl sites for hydroxylation is 1. The van der Waals surface area contributed by atoms with Crippen molar-refractivity contribution >= 4 is 11.6 Å². The molecule has 1 aromatic carbocycles. The number of rotatable bonds is 4. The van der Waals surface area contributed by atoms with Crippen LogP contribution in [0.2, 0.25) is 0 Å². The minimum absolute atomic E-state index is 0.187. The fourth-order valence-electron chi connectivity index (χ4n) is 3.17. The van der Waals surface area contributed by atoms with Crippen LogP contribution < -0.4 is 5.32 Å². The molecular formula is C18H21FN4O. The van der Waals surface area contributed by atoms with Gasteiger partial charge in [0.15, 0.2) is 0 Å². The smallest absolute Gasteiger partial charge is 0.238 e. The van der Waals surface area contributed by atoms with Crippen LogP contribution in [0.3, 0.4) is 0 Å². The van der Waals surface area contributed by atoms with Crippen LogP contribution in [-0.2, 0) is 17.9 Å². The Morgan fingerprint density at radius 3 is 2.92 bits per heavy atom. The third-order valence-corrected chi connectivity index (χ3v) is 4.66. The molecule has 0 saturated heterocycles. The summed E-state index contributed by atoms with van der Waals surface area (Å²) in [5.41, 5.74) is 3.43. The van der Waals surface area contributed by atoms with Crippen molar-refractivity contribution in [3.8, 4) is 0 Å². The van der Waals surface area contributed by atoms with Gasteiger partial charge in [-0.25, -0.2) is 4.39 Å². The van der Waals surface area contributed by atoms with E-state index in [4.69, 9.17) is 0 Å². The second-order valence-electron chi connectivity index (χ2n) is 6.80. The van der Waals surface area contributed by atoms with E-state index in [9.17, 15) is 9.18 Å². The van der Waals surface area contributed by atoms with Gasteiger partial charge >= 0.3 is 0 Å². The molecule has 1 aromatic heterocycles. The highest BCUT2D eigenvalue weighted by Crippen LogP contribution is 2.39. The lowest BCUT2D eigenvalue weighted by Crippen LogP contribution is -2.39. The number of carbonyl (C=O) groups excluding carboxylic acids is 1. The molecule has 1 aliphatic heterocycles. The first-order chi connectivity index (χ1) is 11.6. The third kappa shape index (κ3) is 3.19. The molecule has 1 fully saturated rings. The number of nitrogens with one attached hydrogen (secondary N) is 1. The zero-order chi connectivity index (χ0) is 16.7. The van der Waals surface area contributed by atoms with Gasteiger partial charge < -0.3 is 5.32 Å². The second kappa shape index (κ2) is 6.02. The number of hydrogen-bond acceptors (Lipinski definition) is 3. The van der Waals surface area contributed by atoms with Crippen molar-refractivity contribution in [1.29, 1.82) is 0 Å². The lowest BCUT2D eigenvalue weighted by molar-refractivity contribution is -0.117. The lowest BCUT2D eigenvalue weighted by atomic mass is 10.2. The highest BCUT2D eigenvalue weighted by atomic mass is 19.1. The molecule has 6 heteroatoms. The van der Waals surface area contributed by atoms with E-state index in [2.05, 4.69) is 26.1 Å². The molecule has 126 valence electrons.